The van der Waals surface area contributed by atoms with E-state index in [4.69, 9.17) is 0 Å². The normalized spacial score (nSPS) is 29.0. The molecule has 0 aliphatic heterocycles. The van der Waals surface area contributed by atoms with Gasteiger partial charge in [0.05, 0.1) is 18.4 Å². The van der Waals surface area contributed by atoms with E-state index in [9.17, 15) is 19.8 Å². The summed E-state index contributed by atoms with van der Waals surface area (Å²) in [6.45, 7) is 5.91. The zero-order valence-electron chi connectivity index (χ0n) is 18.8. The Hall–Kier alpha value is -2.71. The molecule has 5 N–H and O–H groups in total. The average molecular weight is 441 g/mol. The first-order valence-corrected chi connectivity index (χ1v) is 11.2. The van der Waals surface area contributed by atoms with Gasteiger partial charge >= 0.3 is 0 Å². The highest BCUT2D eigenvalue weighted by Gasteiger charge is 2.65. The number of hydrogen-bond acceptors (Lipinski definition) is 5. The number of aliphatic hydroxyl groups is 2. The molecule has 1 aromatic heterocycles. The number of benzene rings is 1. The summed E-state index contributed by atoms with van der Waals surface area (Å²) in [6.07, 6.45) is 1.53. The molecule has 8 nitrogen and oxygen atoms in total. The van der Waals surface area contributed by atoms with Crippen LogP contribution in [0.25, 0.3) is 11.3 Å². The van der Waals surface area contributed by atoms with Crippen LogP contribution in [0.15, 0.2) is 36.4 Å². The van der Waals surface area contributed by atoms with Gasteiger partial charge in [-0.25, -0.2) is 0 Å². The molecule has 5 unspecified atom stereocenters. The summed E-state index contributed by atoms with van der Waals surface area (Å²) < 4.78 is 0. The number of carbonyl (C=O) groups excluding carboxylic acids is 2. The first-order valence-electron chi connectivity index (χ1n) is 11.2. The number of anilines is 1. The Morgan fingerprint density at radius 1 is 1.25 bits per heavy atom. The lowest BCUT2D eigenvalue weighted by atomic mass is 9.70. The van der Waals surface area contributed by atoms with Gasteiger partial charge in [-0.05, 0) is 41.1 Å². The van der Waals surface area contributed by atoms with Crippen molar-refractivity contribution >= 4 is 17.6 Å². The van der Waals surface area contributed by atoms with Crippen LogP contribution in [0.4, 0.5) is 5.82 Å². The van der Waals surface area contributed by atoms with Crippen LogP contribution in [-0.2, 0) is 9.59 Å². The third-order valence-corrected chi connectivity index (χ3v) is 8.12. The number of nitrogens with zero attached hydrogens (tertiary/aromatic N) is 1. The van der Waals surface area contributed by atoms with E-state index in [-0.39, 0.29) is 35.0 Å². The molecular weight excluding hydrogens is 408 g/mol. The minimum Gasteiger partial charge on any atom is -0.394 e. The number of carbonyl (C=O) groups is 2. The van der Waals surface area contributed by atoms with E-state index in [1.54, 1.807) is 6.07 Å². The van der Waals surface area contributed by atoms with E-state index in [0.29, 0.717) is 5.82 Å². The fourth-order valence-corrected chi connectivity index (χ4v) is 5.81. The first kappa shape index (κ1) is 22.5. The van der Waals surface area contributed by atoms with Crippen LogP contribution in [-0.4, -0.2) is 51.0 Å². The highest BCUT2D eigenvalue weighted by atomic mass is 16.3. The highest BCUT2D eigenvalue weighted by molar-refractivity contribution is 5.97. The summed E-state index contributed by atoms with van der Waals surface area (Å²) in [4.78, 5) is 25.3. The standard InChI is InChI=1S/C24H32N4O4/c1-23(2)16-9-10-24(23,3)21(31)15(16)11-20(30)25-18(13-29)22(32)26-19-12-17(27-28-19)14-7-5-4-6-8-14/h4-8,12,15-16,18,21,29,31H,9-11,13H2,1-3H3,(H,25,30)(H2,26,27,28,32). The lowest BCUT2D eigenvalue weighted by Crippen LogP contribution is -2.47. The minimum absolute atomic E-state index is 0.0401. The molecule has 0 spiro atoms. The molecule has 0 saturated heterocycles. The van der Waals surface area contributed by atoms with Gasteiger partial charge in [-0.15, -0.1) is 0 Å². The summed E-state index contributed by atoms with van der Waals surface area (Å²) in [5.74, 6) is -0.476. The first-order chi connectivity index (χ1) is 15.2. The summed E-state index contributed by atoms with van der Waals surface area (Å²) in [6, 6.07) is 10.1. The van der Waals surface area contributed by atoms with E-state index in [2.05, 4.69) is 41.6 Å². The lowest BCUT2D eigenvalue weighted by molar-refractivity contribution is -0.129. The second-order valence-corrected chi connectivity index (χ2v) is 9.92. The Morgan fingerprint density at radius 3 is 2.59 bits per heavy atom. The quantitative estimate of drug-likeness (QED) is 0.452. The van der Waals surface area contributed by atoms with Gasteiger partial charge in [0.2, 0.25) is 5.91 Å². The maximum Gasteiger partial charge on any atom is 0.250 e. The van der Waals surface area contributed by atoms with Gasteiger partial charge in [0.25, 0.3) is 5.91 Å². The number of rotatable bonds is 7. The van der Waals surface area contributed by atoms with Crippen LogP contribution in [0.1, 0.15) is 40.0 Å². The third-order valence-electron chi connectivity index (χ3n) is 8.12. The lowest BCUT2D eigenvalue weighted by Gasteiger charge is -2.37. The molecule has 2 aliphatic rings. The number of hydrogen-bond donors (Lipinski definition) is 5. The number of H-pyrrole nitrogens is 1. The van der Waals surface area contributed by atoms with Crippen molar-refractivity contribution in [2.75, 3.05) is 11.9 Å². The summed E-state index contributed by atoms with van der Waals surface area (Å²) >= 11 is 0. The predicted octanol–water partition coefficient (Wildman–Crippen LogP) is 2.32. The van der Waals surface area contributed by atoms with E-state index in [0.717, 1.165) is 24.1 Å². The molecule has 32 heavy (non-hydrogen) atoms. The number of amides is 2. The van der Waals surface area contributed by atoms with Gasteiger partial charge < -0.3 is 20.8 Å². The van der Waals surface area contributed by atoms with Gasteiger partial charge in [-0.1, -0.05) is 51.1 Å². The van der Waals surface area contributed by atoms with Gasteiger partial charge in [-0.2, -0.15) is 5.10 Å². The van der Waals surface area contributed by atoms with Crippen molar-refractivity contribution in [3.8, 4) is 11.3 Å². The van der Waals surface area contributed by atoms with Crippen molar-refractivity contribution in [1.82, 2.24) is 15.5 Å². The molecule has 1 heterocycles. The second kappa shape index (κ2) is 8.33. The Kier molecular flexibility index (Phi) is 5.85. The van der Waals surface area contributed by atoms with Gasteiger partial charge in [0.1, 0.15) is 6.04 Å². The molecule has 0 radical (unpaired) electrons. The van der Waals surface area contributed by atoms with Crippen molar-refractivity contribution in [3.05, 3.63) is 36.4 Å². The molecule has 2 bridgehead atoms. The molecule has 2 fully saturated rings. The molecule has 2 saturated carbocycles. The molecule has 2 aliphatic carbocycles. The topological polar surface area (TPSA) is 127 Å². The maximum atomic E-state index is 12.7. The van der Waals surface area contributed by atoms with Crippen molar-refractivity contribution in [2.45, 2.75) is 52.2 Å². The van der Waals surface area contributed by atoms with E-state index in [1.165, 1.54) is 0 Å². The smallest absolute Gasteiger partial charge is 0.250 e. The van der Waals surface area contributed by atoms with E-state index < -0.39 is 24.7 Å². The Bertz CT molecular complexity index is 989. The number of aromatic nitrogens is 2. The molecule has 2 aromatic rings. The van der Waals surface area contributed by atoms with Crippen molar-refractivity contribution in [2.24, 2.45) is 22.7 Å². The summed E-state index contributed by atoms with van der Waals surface area (Å²) in [5.41, 5.74) is 1.43. The number of aliphatic hydroxyl groups excluding tert-OH is 2. The fraction of sp³-hybridized carbons (Fsp3) is 0.542. The largest absolute Gasteiger partial charge is 0.394 e. The Morgan fingerprint density at radius 2 is 1.97 bits per heavy atom. The third kappa shape index (κ3) is 3.71. The van der Waals surface area contributed by atoms with Gasteiger partial charge in [0.15, 0.2) is 5.82 Å². The maximum absolute atomic E-state index is 12.7. The zero-order valence-corrected chi connectivity index (χ0v) is 18.8. The van der Waals surface area contributed by atoms with E-state index >= 15 is 0 Å². The van der Waals surface area contributed by atoms with Gasteiger partial charge in [-0.3, -0.25) is 14.7 Å². The van der Waals surface area contributed by atoms with Crippen LogP contribution >= 0.6 is 0 Å². The number of fused-ring (bicyclic) bond motifs is 2. The van der Waals surface area contributed by atoms with Crippen LogP contribution in [0.5, 0.6) is 0 Å². The van der Waals surface area contributed by atoms with E-state index in [1.807, 2.05) is 30.3 Å². The van der Waals surface area contributed by atoms with Crippen molar-refractivity contribution in [1.29, 1.82) is 0 Å². The average Bonchev–Trinajstić information content (AvgIpc) is 3.36. The molecule has 4 rings (SSSR count). The summed E-state index contributed by atoms with van der Waals surface area (Å²) in [7, 11) is 0. The monoisotopic (exact) mass is 440 g/mol. The Labute approximate surface area is 187 Å². The second-order valence-electron chi connectivity index (χ2n) is 9.92. The predicted molar refractivity (Wildman–Crippen MR) is 120 cm³/mol. The summed E-state index contributed by atoms with van der Waals surface area (Å²) in [5, 5.41) is 32.8. The van der Waals surface area contributed by atoms with Crippen LogP contribution in [0, 0.1) is 22.7 Å². The zero-order chi connectivity index (χ0) is 23.1. The van der Waals surface area contributed by atoms with Crippen LogP contribution in [0.2, 0.25) is 0 Å². The fourth-order valence-electron chi connectivity index (χ4n) is 5.81. The van der Waals surface area contributed by atoms with Crippen molar-refractivity contribution in [3.63, 3.8) is 0 Å². The molecule has 2 amide bonds. The van der Waals surface area contributed by atoms with Crippen molar-refractivity contribution < 1.29 is 19.8 Å². The molecule has 172 valence electrons. The molecule has 5 atom stereocenters. The minimum atomic E-state index is -1.10. The van der Waals surface area contributed by atoms with Crippen LogP contribution < -0.4 is 10.6 Å². The Balaban J connectivity index is 1.36. The van der Waals surface area contributed by atoms with Crippen LogP contribution in [0.3, 0.4) is 0 Å². The van der Waals surface area contributed by atoms with Gasteiger partial charge in [0, 0.05) is 12.5 Å². The number of nitrogens with one attached hydrogen (secondary N) is 3. The molecule has 8 heteroatoms. The number of aromatic amines is 1. The SMILES string of the molecule is CC1(C)C2CCC1(C)C(O)C2CC(=O)NC(CO)C(=O)Nc1cc(-c2ccccc2)[nH]n1. The molecular formula is C24H32N4O4. The molecule has 1 aromatic carbocycles. The highest BCUT2D eigenvalue weighted by Crippen LogP contribution is 2.68.